The summed E-state index contributed by atoms with van der Waals surface area (Å²) in [6.07, 6.45) is 2.30. The molecular weight excluding hydrogens is 204 g/mol. The lowest BCUT2D eigenvalue weighted by atomic mass is 10.4. The Balaban J connectivity index is 4.86. The van der Waals surface area contributed by atoms with Crippen molar-refractivity contribution in [2.45, 2.75) is 65.5 Å². The van der Waals surface area contributed by atoms with Crippen LogP contribution >= 0.6 is 0 Å². The van der Waals surface area contributed by atoms with E-state index < -0.39 is 8.56 Å². The van der Waals surface area contributed by atoms with Gasteiger partial charge in [0.1, 0.15) is 0 Å². The van der Waals surface area contributed by atoms with Crippen LogP contribution < -0.4 is 0 Å². The first-order valence-corrected chi connectivity index (χ1v) is 8.33. The third kappa shape index (κ3) is 3.57. The third-order valence-corrected chi connectivity index (χ3v) is 8.38. The van der Waals surface area contributed by atoms with Gasteiger partial charge in [0.25, 0.3) is 0 Å². The number of hydrogen-bond acceptors (Lipinski definition) is 2. The van der Waals surface area contributed by atoms with Crippen molar-refractivity contribution in [3.8, 4) is 0 Å². The molecule has 0 amide bonds. The Labute approximate surface area is 96.6 Å². The largest absolute Gasteiger partial charge is 0.394 e. The number of hydrogen-bond donors (Lipinski definition) is 0. The van der Waals surface area contributed by atoms with E-state index in [1.54, 1.807) is 0 Å². The maximum absolute atomic E-state index is 6.09. The van der Waals surface area contributed by atoms with Crippen molar-refractivity contribution in [3.63, 3.8) is 0 Å². The topological polar surface area (TPSA) is 18.5 Å². The highest BCUT2D eigenvalue weighted by Gasteiger charge is 2.46. The van der Waals surface area contributed by atoms with Gasteiger partial charge in [-0.15, -0.1) is 0 Å². The van der Waals surface area contributed by atoms with E-state index in [2.05, 4.69) is 41.5 Å². The molecule has 0 radical (unpaired) electrons. The van der Waals surface area contributed by atoms with Gasteiger partial charge in [-0.05, 0) is 24.9 Å². The van der Waals surface area contributed by atoms with Gasteiger partial charge in [0, 0.05) is 13.2 Å². The minimum absolute atomic E-state index is 0.576. The molecule has 0 aromatic heterocycles. The molecule has 0 spiro atoms. The van der Waals surface area contributed by atoms with Crippen molar-refractivity contribution in [3.05, 3.63) is 0 Å². The molecule has 0 aliphatic carbocycles. The van der Waals surface area contributed by atoms with Gasteiger partial charge in [-0.25, -0.2) is 0 Å². The summed E-state index contributed by atoms with van der Waals surface area (Å²) in [7, 11) is -2.00. The highest BCUT2D eigenvalue weighted by Crippen LogP contribution is 2.38. The van der Waals surface area contributed by atoms with Crippen LogP contribution in [0.4, 0.5) is 0 Å². The molecular formula is C12H28O2Si. The van der Waals surface area contributed by atoms with Crippen LogP contribution in [-0.2, 0) is 8.85 Å². The Morgan fingerprint density at radius 2 is 1.13 bits per heavy atom. The van der Waals surface area contributed by atoms with Crippen LogP contribution in [0.3, 0.4) is 0 Å². The zero-order valence-electron chi connectivity index (χ0n) is 11.3. The molecule has 3 heteroatoms. The molecule has 92 valence electrons. The Kier molecular flexibility index (Phi) is 7.48. The van der Waals surface area contributed by atoms with E-state index in [0.717, 1.165) is 26.1 Å². The van der Waals surface area contributed by atoms with E-state index in [-0.39, 0.29) is 0 Å². The predicted octanol–water partition coefficient (Wildman–Crippen LogP) is 4.10. The molecule has 0 rings (SSSR count). The van der Waals surface area contributed by atoms with Crippen molar-refractivity contribution in [2.24, 2.45) is 0 Å². The van der Waals surface area contributed by atoms with Crippen LogP contribution in [0.2, 0.25) is 11.1 Å². The van der Waals surface area contributed by atoms with Crippen LogP contribution in [0.15, 0.2) is 0 Å². The van der Waals surface area contributed by atoms with Gasteiger partial charge >= 0.3 is 8.56 Å². The average molecular weight is 232 g/mol. The fourth-order valence-corrected chi connectivity index (χ4v) is 6.35. The molecule has 15 heavy (non-hydrogen) atoms. The zero-order valence-corrected chi connectivity index (χ0v) is 12.3. The van der Waals surface area contributed by atoms with Crippen LogP contribution in [0, 0.1) is 0 Å². The SMILES string of the molecule is CCO[Si](OCC)(C(C)CC)C(C)CC. The second-order valence-electron chi connectivity index (χ2n) is 4.21. The lowest BCUT2D eigenvalue weighted by Gasteiger charge is -2.39. The zero-order chi connectivity index (χ0) is 11.9. The first kappa shape index (κ1) is 15.1. The van der Waals surface area contributed by atoms with Gasteiger partial charge in [-0.2, -0.15) is 0 Å². The van der Waals surface area contributed by atoms with E-state index >= 15 is 0 Å². The molecule has 0 saturated carbocycles. The smallest absolute Gasteiger partial charge is 0.343 e. The molecule has 0 heterocycles. The summed E-state index contributed by atoms with van der Waals surface area (Å²) in [5.74, 6) is 0. The van der Waals surface area contributed by atoms with Crippen molar-refractivity contribution in [2.75, 3.05) is 13.2 Å². The molecule has 0 aliphatic rings. The molecule has 0 aliphatic heterocycles. The van der Waals surface area contributed by atoms with Gasteiger partial charge < -0.3 is 8.85 Å². The summed E-state index contributed by atoms with van der Waals surface area (Å²) in [5, 5.41) is 0. The standard InChI is InChI=1S/C12H28O2Si/c1-7-11(5)15(13-9-3,14-10-4)12(6)8-2/h11-12H,7-10H2,1-6H3. The quantitative estimate of drug-likeness (QED) is 0.587. The summed E-state index contributed by atoms with van der Waals surface area (Å²) in [4.78, 5) is 0. The molecule has 0 bridgehead atoms. The van der Waals surface area contributed by atoms with Crippen molar-refractivity contribution in [1.82, 2.24) is 0 Å². The Bertz CT molecular complexity index is 144. The molecule has 2 atom stereocenters. The Hall–Kier alpha value is 0.137. The van der Waals surface area contributed by atoms with Gasteiger partial charge in [0.15, 0.2) is 0 Å². The average Bonchev–Trinajstić information content (AvgIpc) is 2.26. The van der Waals surface area contributed by atoms with Gasteiger partial charge in [0.2, 0.25) is 0 Å². The van der Waals surface area contributed by atoms with Gasteiger partial charge in [-0.3, -0.25) is 0 Å². The van der Waals surface area contributed by atoms with Crippen molar-refractivity contribution in [1.29, 1.82) is 0 Å². The Morgan fingerprint density at radius 1 is 0.800 bits per heavy atom. The fraction of sp³-hybridized carbons (Fsp3) is 1.00. The Morgan fingerprint density at radius 3 is 1.33 bits per heavy atom. The number of rotatable bonds is 8. The predicted molar refractivity (Wildman–Crippen MR) is 68.4 cm³/mol. The minimum atomic E-state index is -2.00. The highest BCUT2D eigenvalue weighted by molar-refractivity contribution is 6.70. The normalized spacial score (nSPS) is 16.4. The van der Waals surface area contributed by atoms with Crippen LogP contribution in [-0.4, -0.2) is 21.8 Å². The third-order valence-electron chi connectivity index (χ3n) is 3.34. The molecule has 2 unspecified atom stereocenters. The summed E-state index contributed by atoms with van der Waals surface area (Å²) < 4.78 is 12.2. The van der Waals surface area contributed by atoms with Crippen molar-refractivity contribution < 1.29 is 8.85 Å². The van der Waals surface area contributed by atoms with Crippen LogP contribution in [0.1, 0.15) is 54.4 Å². The second kappa shape index (κ2) is 7.42. The first-order valence-electron chi connectivity index (χ1n) is 6.36. The maximum Gasteiger partial charge on any atom is 0.343 e. The molecule has 2 nitrogen and oxygen atoms in total. The van der Waals surface area contributed by atoms with Crippen LogP contribution in [0.25, 0.3) is 0 Å². The minimum Gasteiger partial charge on any atom is -0.394 e. The van der Waals surface area contributed by atoms with Crippen LogP contribution in [0.5, 0.6) is 0 Å². The van der Waals surface area contributed by atoms with E-state index in [9.17, 15) is 0 Å². The molecule has 0 saturated heterocycles. The van der Waals surface area contributed by atoms with Crippen molar-refractivity contribution >= 4 is 8.56 Å². The monoisotopic (exact) mass is 232 g/mol. The van der Waals surface area contributed by atoms with E-state index in [4.69, 9.17) is 8.85 Å². The van der Waals surface area contributed by atoms with Gasteiger partial charge in [-0.1, -0.05) is 40.5 Å². The summed E-state index contributed by atoms with van der Waals surface area (Å²) in [6, 6.07) is 0. The summed E-state index contributed by atoms with van der Waals surface area (Å²) >= 11 is 0. The lowest BCUT2D eigenvalue weighted by Crippen LogP contribution is -2.49. The maximum atomic E-state index is 6.09. The fourth-order valence-electron chi connectivity index (χ4n) is 2.12. The molecule has 0 fully saturated rings. The first-order chi connectivity index (χ1) is 7.08. The molecule has 0 aromatic rings. The van der Waals surface area contributed by atoms with E-state index in [1.807, 2.05) is 0 Å². The molecule has 0 aromatic carbocycles. The van der Waals surface area contributed by atoms with E-state index in [0.29, 0.717) is 11.1 Å². The second-order valence-corrected chi connectivity index (χ2v) is 8.20. The van der Waals surface area contributed by atoms with Gasteiger partial charge in [0.05, 0.1) is 0 Å². The lowest BCUT2D eigenvalue weighted by molar-refractivity contribution is 0.162. The highest BCUT2D eigenvalue weighted by atomic mass is 28.4. The summed E-state index contributed by atoms with van der Waals surface area (Å²) in [6.45, 7) is 14.7. The molecule has 0 N–H and O–H groups in total. The van der Waals surface area contributed by atoms with E-state index in [1.165, 1.54) is 0 Å². The summed E-state index contributed by atoms with van der Waals surface area (Å²) in [5.41, 5.74) is 1.15.